The Hall–Kier alpha value is -1.51. The average molecular weight is 489 g/mol. The lowest BCUT2D eigenvalue weighted by atomic mass is 9.99. The van der Waals surface area contributed by atoms with Gasteiger partial charge in [-0.05, 0) is 32.8 Å². The number of aliphatic imine (C=N–C) groups is 1. The topological polar surface area (TPSA) is 63.2 Å². The van der Waals surface area contributed by atoms with E-state index in [1.54, 1.807) is 7.05 Å². The van der Waals surface area contributed by atoms with Crippen molar-refractivity contribution >= 4 is 35.9 Å². The van der Waals surface area contributed by atoms with E-state index in [-0.39, 0.29) is 47.4 Å². The van der Waals surface area contributed by atoms with E-state index in [2.05, 4.69) is 22.1 Å². The van der Waals surface area contributed by atoms with Crippen molar-refractivity contribution < 1.29 is 14.3 Å². The van der Waals surface area contributed by atoms with Crippen LogP contribution in [0.2, 0.25) is 0 Å². The molecule has 1 aliphatic heterocycles. The Morgan fingerprint density at radius 3 is 2.56 bits per heavy atom. The number of para-hydroxylation sites is 1. The number of nitrogens with zero attached hydrogens (tertiary/aromatic N) is 2. The molecule has 2 unspecified atom stereocenters. The largest absolute Gasteiger partial charge is 0.488 e. The van der Waals surface area contributed by atoms with Crippen LogP contribution in [0.4, 0.5) is 0 Å². The number of rotatable bonds is 4. The first-order chi connectivity index (χ1) is 12.2. The number of guanidine groups is 1. The number of methoxy groups -OCH3 is 1. The van der Waals surface area contributed by atoms with Crippen molar-refractivity contribution in [3.63, 3.8) is 0 Å². The monoisotopic (exact) mass is 489 g/mol. The molecular formula is C20H32IN3O3. The third kappa shape index (κ3) is 6.55. The molecule has 1 heterocycles. The molecule has 1 saturated heterocycles. The number of esters is 1. The minimum absolute atomic E-state index is 0. The van der Waals surface area contributed by atoms with Crippen LogP contribution < -0.4 is 10.1 Å². The standard InChI is InChI=1S/C20H31N3O3.HI/c1-14-12-23(13-16(14)18(24)25-6)19(21-5)22-11-15-9-7-8-10-17(15)26-20(2,3)4;/h7-10,14,16H,11-13H2,1-6H3,(H,21,22);1H. The number of halogens is 1. The van der Waals surface area contributed by atoms with Gasteiger partial charge in [-0.25, -0.2) is 0 Å². The third-order valence-corrected chi connectivity index (χ3v) is 4.45. The lowest BCUT2D eigenvalue weighted by Crippen LogP contribution is -2.40. The smallest absolute Gasteiger partial charge is 0.310 e. The number of ether oxygens (including phenoxy) is 2. The normalized spacial score (nSPS) is 20.1. The van der Waals surface area contributed by atoms with Crippen molar-refractivity contribution in [2.24, 2.45) is 16.8 Å². The maximum Gasteiger partial charge on any atom is 0.310 e. The summed E-state index contributed by atoms with van der Waals surface area (Å²) in [5, 5.41) is 3.40. The van der Waals surface area contributed by atoms with Crippen LogP contribution in [0, 0.1) is 11.8 Å². The summed E-state index contributed by atoms with van der Waals surface area (Å²) >= 11 is 0. The Labute approximate surface area is 179 Å². The maximum atomic E-state index is 11.9. The van der Waals surface area contributed by atoms with Gasteiger partial charge >= 0.3 is 5.97 Å². The zero-order chi connectivity index (χ0) is 19.3. The molecule has 0 aromatic heterocycles. The summed E-state index contributed by atoms with van der Waals surface area (Å²) in [6.45, 7) is 10.2. The van der Waals surface area contributed by atoms with Crippen molar-refractivity contribution in [2.45, 2.75) is 39.8 Å². The highest BCUT2D eigenvalue weighted by Gasteiger charge is 2.36. The lowest BCUT2D eigenvalue weighted by Gasteiger charge is -2.25. The summed E-state index contributed by atoms with van der Waals surface area (Å²) in [5.74, 6) is 1.62. The van der Waals surface area contributed by atoms with Gasteiger partial charge < -0.3 is 19.7 Å². The molecule has 1 aromatic rings. The minimum Gasteiger partial charge on any atom is -0.488 e. The third-order valence-electron chi connectivity index (χ3n) is 4.45. The second-order valence-corrected chi connectivity index (χ2v) is 7.73. The highest BCUT2D eigenvalue weighted by molar-refractivity contribution is 14.0. The number of carbonyl (C=O) groups excluding carboxylic acids is 1. The number of likely N-dealkylation sites (tertiary alicyclic amines) is 1. The van der Waals surface area contributed by atoms with Crippen LogP contribution in [0.15, 0.2) is 29.3 Å². The van der Waals surface area contributed by atoms with E-state index in [0.29, 0.717) is 13.1 Å². The Morgan fingerprint density at radius 2 is 1.96 bits per heavy atom. The molecule has 0 bridgehead atoms. The van der Waals surface area contributed by atoms with E-state index in [1.807, 2.05) is 45.0 Å². The predicted molar refractivity (Wildman–Crippen MR) is 119 cm³/mol. The van der Waals surface area contributed by atoms with Crippen molar-refractivity contribution in [3.8, 4) is 5.75 Å². The van der Waals surface area contributed by atoms with Crippen LogP contribution in [-0.4, -0.2) is 49.7 Å². The molecule has 0 amide bonds. The number of nitrogens with one attached hydrogen (secondary N) is 1. The van der Waals surface area contributed by atoms with Crippen molar-refractivity contribution in [1.82, 2.24) is 10.2 Å². The summed E-state index contributed by atoms with van der Waals surface area (Å²) < 4.78 is 11.0. The molecule has 1 aromatic carbocycles. The van der Waals surface area contributed by atoms with Gasteiger partial charge in [0.05, 0.1) is 13.0 Å². The van der Waals surface area contributed by atoms with Gasteiger partial charge in [0.15, 0.2) is 5.96 Å². The van der Waals surface area contributed by atoms with Crippen LogP contribution in [0.1, 0.15) is 33.3 Å². The highest BCUT2D eigenvalue weighted by Crippen LogP contribution is 2.25. The van der Waals surface area contributed by atoms with E-state index >= 15 is 0 Å². The maximum absolute atomic E-state index is 11.9. The number of carbonyl (C=O) groups is 1. The summed E-state index contributed by atoms with van der Waals surface area (Å²) in [4.78, 5) is 18.4. The van der Waals surface area contributed by atoms with Gasteiger partial charge in [0.2, 0.25) is 0 Å². The molecule has 0 aliphatic carbocycles. The molecule has 152 valence electrons. The van der Waals surface area contributed by atoms with Gasteiger partial charge in [-0.3, -0.25) is 9.79 Å². The van der Waals surface area contributed by atoms with E-state index in [9.17, 15) is 4.79 Å². The lowest BCUT2D eigenvalue weighted by molar-refractivity contribution is -0.145. The number of benzene rings is 1. The second-order valence-electron chi connectivity index (χ2n) is 7.73. The van der Waals surface area contributed by atoms with Crippen LogP contribution in [-0.2, 0) is 16.1 Å². The summed E-state index contributed by atoms with van der Waals surface area (Å²) in [6.07, 6.45) is 0. The van der Waals surface area contributed by atoms with Gasteiger partial charge in [-0.2, -0.15) is 0 Å². The summed E-state index contributed by atoms with van der Waals surface area (Å²) in [5.41, 5.74) is 0.816. The molecule has 0 radical (unpaired) electrons. The second kappa shape index (κ2) is 10.1. The van der Waals surface area contributed by atoms with Gasteiger partial charge in [0.1, 0.15) is 11.4 Å². The van der Waals surface area contributed by atoms with E-state index < -0.39 is 0 Å². The molecule has 1 aliphatic rings. The zero-order valence-corrected chi connectivity index (χ0v) is 19.4. The number of hydrogen-bond acceptors (Lipinski definition) is 4. The fourth-order valence-electron chi connectivity index (χ4n) is 3.18. The summed E-state index contributed by atoms with van der Waals surface area (Å²) in [6, 6.07) is 8.00. The van der Waals surface area contributed by atoms with Gasteiger partial charge in [0, 0.05) is 32.2 Å². The molecular weight excluding hydrogens is 457 g/mol. The molecule has 6 nitrogen and oxygen atoms in total. The molecule has 1 N–H and O–H groups in total. The number of hydrogen-bond donors (Lipinski definition) is 1. The molecule has 7 heteroatoms. The van der Waals surface area contributed by atoms with Crippen molar-refractivity contribution in [2.75, 3.05) is 27.2 Å². The zero-order valence-electron chi connectivity index (χ0n) is 17.1. The Kier molecular flexibility index (Phi) is 8.84. The molecule has 0 spiro atoms. The molecule has 2 rings (SSSR count). The highest BCUT2D eigenvalue weighted by atomic mass is 127. The Balaban J connectivity index is 0.00000364. The van der Waals surface area contributed by atoms with Gasteiger partial charge in [-0.15, -0.1) is 24.0 Å². The first kappa shape index (κ1) is 23.5. The molecule has 0 saturated carbocycles. The molecule has 1 fully saturated rings. The SMILES string of the molecule is CN=C(NCc1ccccc1OC(C)(C)C)N1CC(C)C(C(=O)OC)C1.I. The Bertz CT molecular complexity index is 658. The Morgan fingerprint density at radius 1 is 1.30 bits per heavy atom. The average Bonchev–Trinajstić information content (AvgIpc) is 2.96. The predicted octanol–water partition coefficient (Wildman–Crippen LogP) is 3.30. The molecule has 27 heavy (non-hydrogen) atoms. The fourth-order valence-corrected chi connectivity index (χ4v) is 3.18. The summed E-state index contributed by atoms with van der Waals surface area (Å²) in [7, 11) is 3.20. The van der Waals surface area contributed by atoms with E-state index in [1.165, 1.54) is 7.11 Å². The van der Waals surface area contributed by atoms with Crippen LogP contribution in [0.5, 0.6) is 5.75 Å². The van der Waals surface area contributed by atoms with Crippen LogP contribution >= 0.6 is 24.0 Å². The fraction of sp³-hybridized carbons (Fsp3) is 0.600. The van der Waals surface area contributed by atoms with Crippen molar-refractivity contribution in [3.05, 3.63) is 29.8 Å². The van der Waals surface area contributed by atoms with E-state index in [0.717, 1.165) is 23.8 Å². The van der Waals surface area contributed by atoms with E-state index in [4.69, 9.17) is 9.47 Å². The van der Waals surface area contributed by atoms with Crippen LogP contribution in [0.3, 0.4) is 0 Å². The molecule has 2 atom stereocenters. The van der Waals surface area contributed by atoms with Gasteiger partial charge in [0.25, 0.3) is 0 Å². The quantitative estimate of drug-likeness (QED) is 0.305. The van der Waals surface area contributed by atoms with Crippen LogP contribution in [0.25, 0.3) is 0 Å². The van der Waals surface area contributed by atoms with Gasteiger partial charge in [-0.1, -0.05) is 25.1 Å². The minimum atomic E-state index is -0.254. The first-order valence-electron chi connectivity index (χ1n) is 9.05. The first-order valence-corrected chi connectivity index (χ1v) is 9.05. The van der Waals surface area contributed by atoms with Crippen molar-refractivity contribution in [1.29, 1.82) is 0 Å².